The molecule has 0 rings (SSSR count). The third kappa shape index (κ3) is 15.6. The summed E-state index contributed by atoms with van der Waals surface area (Å²) in [6.45, 7) is 11.8. The zero-order valence-corrected chi connectivity index (χ0v) is 24.7. The third-order valence-corrected chi connectivity index (χ3v) is 8.64. The van der Waals surface area contributed by atoms with E-state index in [0.29, 0.717) is 6.42 Å². The van der Waals surface area contributed by atoms with Gasteiger partial charge in [0.15, 0.2) is 0 Å². The van der Waals surface area contributed by atoms with Crippen molar-refractivity contribution >= 4 is 34.3 Å². The summed E-state index contributed by atoms with van der Waals surface area (Å²) < 4.78 is 5.74. The van der Waals surface area contributed by atoms with Crippen LogP contribution in [0.2, 0.25) is 0 Å². The zero-order chi connectivity index (χ0) is 25.7. The highest BCUT2D eigenvalue weighted by molar-refractivity contribution is 8.24. The second-order valence-corrected chi connectivity index (χ2v) is 11.9. The molecule has 0 aromatic heterocycles. The van der Waals surface area contributed by atoms with Gasteiger partial charge in [-0.25, -0.2) is 0 Å². The van der Waals surface area contributed by atoms with E-state index in [4.69, 9.17) is 17.0 Å². The highest BCUT2D eigenvalue weighted by Crippen LogP contribution is 2.33. The molecule has 0 saturated heterocycles. The normalized spacial score (nSPS) is 13.9. The van der Waals surface area contributed by atoms with E-state index in [1.165, 1.54) is 88.8 Å². The molecule has 0 saturated carbocycles. The number of thioether (sulfide) groups is 1. The Kier molecular flexibility index (Phi) is 21.7. The molecule has 2 unspecified atom stereocenters. The Morgan fingerprint density at radius 3 is 1.68 bits per heavy atom. The quantitative estimate of drug-likeness (QED) is 0.0885. The van der Waals surface area contributed by atoms with Gasteiger partial charge in [-0.2, -0.15) is 0 Å². The Labute approximate surface area is 221 Å². The highest BCUT2D eigenvalue weighted by Gasteiger charge is 2.37. The average Bonchev–Trinajstić information content (AvgIpc) is 2.83. The van der Waals surface area contributed by atoms with Gasteiger partial charge < -0.3 is 14.7 Å². The number of nitrogens with zero attached hydrogens (tertiary/aromatic N) is 1. The van der Waals surface area contributed by atoms with E-state index < -0.39 is 10.9 Å². The van der Waals surface area contributed by atoms with Crippen LogP contribution in [0.15, 0.2) is 0 Å². The summed E-state index contributed by atoms with van der Waals surface area (Å²) in [6.07, 6.45) is 19.4. The lowest BCUT2D eigenvalue weighted by molar-refractivity contribution is -0.154. The fraction of sp³-hybridized carbons (Fsp3) is 0.929. The first-order valence-corrected chi connectivity index (χ1v) is 15.4. The van der Waals surface area contributed by atoms with Crippen LogP contribution in [-0.4, -0.2) is 50.8 Å². The fourth-order valence-corrected chi connectivity index (χ4v) is 5.89. The zero-order valence-electron chi connectivity index (χ0n) is 23.0. The standard InChI is InChI=1S/C28H55NO3S2/c1-6-10-11-12-13-14-15-16-17-18-19-20-21-22-23-25(24-30)32-26(31)28(5,7-2)34-27(33)29(8-3)9-4/h25,30H,6-24H2,1-5H3. The van der Waals surface area contributed by atoms with E-state index in [2.05, 4.69) is 25.7 Å². The van der Waals surface area contributed by atoms with E-state index >= 15 is 0 Å². The van der Waals surface area contributed by atoms with E-state index in [1.54, 1.807) is 0 Å². The molecule has 4 nitrogen and oxygen atoms in total. The maximum Gasteiger partial charge on any atom is 0.322 e. The molecule has 6 heteroatoms. The summed E-state index contributed by atoms with van der Waals surface area (Å²) in [4.78, 5) is 15.0. The van der Waals surface area contributed by atoms with Crippen LogP contribution < -0.4 is 0 Å². The highest BCUT2D eigenvalue weighted by atomic mass is 32.2. The number of hydrogen-bond acceptors (Lipinski definition) is 5. The van der Waals surface area contributed by atoms with Crippen molar-refractivity contribution in [2.24, 2.45) is 0 Å². The Balaban J connectivity index is 4.02. The van der Waals surface area contributed by atoms with Crippen LogP contribution in [0.4, 0.5) is 0 Å². The van der Waals surface area contributed by atoms with Gasteiger partial charge >= 0.3 is 5.97 Å². The number of rotatable bonds is 22. The fourth-order valence-electron chi connectivity index (χ4n) is 4.03. The predicted molar refractivity (Wildman–Crippen MR) is 154 cm³/mol. The molecule has 0 fully saturated rings. The SMILES string of the molecule is CCCCCCCCCCCCCCCCC(CO)OC(=O)C(C)(CC)SC(=S)N(CC)CC. The molecule has 2 atom stereocenters. The summed E-state index contributed by atoms with van der Waals surface area (Å²) in [7, 11) is 0. The van der Waals surface area contributed by atoms with Crippen LogP contribution >= 0.6 is 24.0 Å². The van der Waals surface area contributed by atoms with Gasteiger partial charge in [-0.15, -0.1) is 0 Å². The van der Waals surface area contributed by atoms with Crippen molar-refractivity contribution in [3.05, 3.63) is 0 Å². The number of hydrogen-bond donors (Lipinski definition) is 1. The van der Waals surface area contributed by atoms with E-state index in [9.17, 15) is 9.90 Å². The first-order chi connectivity index (χ1) is 16.4. The maximum atomic E-state index is 12.9. The third-order valence-electron chi connectivity index (χ3n) is 6.80. The van der Waals surface area contributed by atoms with E-state index in [1.807, 2.05) is 13.8 Å². The van der Waals surface area contributed by atoms with Crippen molar-refractivity contribution < 1.29 is 14.6 Å². The Morgan fingerprint density at radius 2 is 1.29 bits per heavy atom. The van der Waals surface area contributed by atoms with Gasteiger partial charge in [0.05, 0.1) is 6.61 Å². The molecule has 0 aromatic carbocycles. The Hall–Kier alpha value is -0.330. The monoisotopic (exact) mass is 517 g/mol. The van der Waals surface area contributed by atoms with Crippen LogP contribution in [0.1, 0.15) is 137 Å². The smallest absolute Gasteiger partial charge is 0.322 e. The van der Waals surface area contributed by atoms with Crippen LogP contribution in [0.3, 0.4) is 0 Å². The lowest BCUT2D eigenvalue weighted by Gasteiger charge is -2.31. The molecular weight excluding hydrogens is 462 g/mol. The largest absolute Gasteiger partial charge is 0.459 e. The van der Waals surface area contributed by atoms with Crippen molar-refractivity contribution in [2.75, 3.05) is 19.7 Å². The van der Waals surface area contributed by atoms with Gasteiger partial charge in [0.2, 0.25) is 0 Å². The van der Waals surface area contributed by atoms with Crippen molar-refractivity contribution in [2.45, 2.75) is 148 Å². The summed E-state index contributed by atoms with van der Waals surface area (Å²) in [6, 6.07) is 0. The molecule has 0 aliphatic heterocycles. The van der Waals surface area contributed by atoms with Gasteiger partial charge in [0.1, 0.15) is 15.2 Å². The van der Waals surface area contributed by atoms with E-state index in [0.717, 1.165) is 36.7 Å². The number of unbranched alkanes of at least 4 members (excludes halogenated alkanes) is 13. The molecule has 0 bridgehead atoms. The summed E-state index contributed by atoms with van der Waals surface area (Å²) >= 11 is 6.96. The van der Waals surface area contributed by atoms with Gasteiger partial charge in [-0.05, 0) is 40.0 Å². The molecule has 0 aliphatic rings. The topological polar surface area (TPSA) is 49.8 Å². The van der Waals surface area contributed by atoms with Crippen molar-refractivity contribution in [3.8, 4) is 0 Å². The summed E-state index contributed by atoms with van der Waals surface area (Å²) in [5.41, 5.74) is 0. The first kappa shape index (κ1) is 33.7. The number of carbonyl (C=O) groups excluding carboxylic acids is 1. The number of ether oxygens (including phenoxy) is 1. The minimum absolute atomic E-state index is 0.116. The maximum absolute atomic E-state index is 12.9. The van der Waals surface area contributed by atoms with Crippen LogP contribution in [-0.2, 0) is 9.53 Å². The molecule has 34 heavy (non-hydrogen) atoms. The first-order valence-electron chi connectivity index (χ1n) is 14.2. The number of aliphatic hydroxyl groups excluding tert-OH is 1. The number of esters is 1. The minimum Gasteiger partial charge on any atom is -0.459 e. The minimum atomic E-state index is -0.720. The van der Waals surface area contributed by atoms with Crippen LogP contribution in [0.5, 0.6) is 0 Å². The van der Waals surface area contributed by atoms with Gasteiger partial charge in [-0.3, -0.25) is 4.79 Å². The molecule has 0 spiro atoms. The Bertz CT molecular complexity index is 514. The lowest BCUT2D eigenvalue weighted by atomic mass is 10.0. The van der Waals surface area contributed by atoms with Crippen LogP contribution in [0.25, 0.3) is 0 Å². The van der Waals surface area contributed by atoms with Crippen molar-refractivity contribution in [3.63, 3.8) is 0 Å². The number of carbonyl (C=O) groups is 1. The molecule has 0 radical (unpaired) electrons. The second kappa shape index (κ2) is 21.9. The summed E-state index contributed by atoms with van der Waals surface area (Å²) in [5.74, 6) is -0.265. The van der Waals surface area contributed by atoms with Crippen LogP contribution in [0, 0.1) is 0 Å². The van der Waals surface area contributed by atoms with Gasteiger partial charge in [0.25, 0.3) is 0 Å². The summed E-state index contributed by atoms with van der Waals surface area (Å²) in [5, 5.41) is 9.75. The molecular formula is C28H55NO3S2. The molecule has 0 aliphatic carbocycles. The molecule has 1 N–H and O–H groups in total. The van der Waals surface area contributed by atoms with Crippen molar-refractivity contribution in [1.29, 1.82) is 0 Å². The number of aliphatic hydroxyl groups is 1. The Morgan fingerprint density at radius 1 is 0.853 bits per heavy atom. The predicted octanol–water partition coefficient (Wildman–Crippen LogP) is 8.29. The average molecular weight is 518 g/mol. The van der Waals surface area contributed by atoms with Gasteiger partial charge in [0, 0.05) is 13.1 Å². The number of thiocarbonyl (C=S) groups is 1. The molecule has 0 aromatic rings. The second-order valence-electron chi connectivity index (χ2n) is 9.72. The molecule has 202 valence electrons. The van der Waals surface area contributed by atoms with E-state index in [-0.39, 0.29) is 12.6 Å². The molecule has 0 heterocycles. The lowest BCUT2D eigenvalue weighted by Crippen LogP contribution is -2.40. The molecule has 0 amide bonds. The van der Waals surface area contributed by atoms with Gasteiger partial charge in [-0.1, -0.05) is 121 Å². The van der Waals surface area contributed by atoms with Crippen molar-refractivity contribution in [1.82, 2.24) is 4.90 Å².